The van der Waals surface area contributed by atoms with Gasteiger partial charge in [-0.2, -0.15) is 0 Å². The van der Waals surface area contributed by atoms with Crippen LogP contribution in [0.15, 0.2) is 24.8 Å². The summed E-state index contributed by atoms with van der Waals surface area (Å²) in [5, 5.41) is 0. The van der Waals surface area contributed by atoms with Gasteiger partial charge in [-0.1, -0.05) is 44.9 Å². The van der Waals surface area contributed by atoms with Crippen LogP contribution < -0.4 is 0 Å². The van der Waals surface area contributed by atoms with Crippen molar-refractivity contribution in [3.63, 3.8) is 0 Å². The van der Waals surface area contributed by atoms with Gasteiger partial charge < -0.3 is 0 Å². The fraction of sp³-hybridized carbons (Fsp3) is 0.667. The Balaban J connectivity index is 4.07. The molecule has 0 nitrogen and oxygen atoms in total. The van der Waals surface area contributed by atoms with Gasteiger partial charge in [0.1, 0.15) is 0 Å². The van der Waals surface area contributed by atoms with Gasteiger partial charge >= 0.3 is 0 Å². The Kier molecular flexibility index (Phi) is 5.79. The third-order valence-corrected chi connectivity index (χ3v) is 2.28. The highest BCUT2D eigenvalue weighted by atomic mass is 14.2. The minimum Gasteiger partial charge on any atom is -0.103 e. The van der Waals surface area contributed by atoms with Gasteiger partial charge in [0.05, 0.1) is 0 Å². The molecule has 0 N–H and O–H groups in total. The van der Waals surface area contributed by atoms with Crippen molar-refractivity contribution in [2.24, 2.45) is 5.41 Å². The average Bonchev–Trinajstić information content (AvgIpc) is 2.02. The summed E-state index contributed by atoms with van der Waals surface area (Å²) in [6.45, 7) is 10.4. The van der Waals surface area contributed by atoms with Crippen LogP contribution in [0.2, 0.25) is 0 Å². The summed E-state index contributed by atoms with van der Waals surface area (Å²) in [5.41, 5.74) is 0.354. The normalized spacial score (nSPS) is 16.2. The Morgan fingerprint density at radius 1 is 1.42 bits per heavy atom. The fourth-order valence-corrected chi connectivity index (χ4v) is 1.57. The van der Waals surface area contributed by atoms with E-state index in [1.54, 1.807) is 0 Å². The Hall–Kier alpha value is -0.520. The van der Waals surface area contributed by atoms with Crippen LogP contribution in [-0.2, 0) is 0 Å². The fourth-order valence-electron chi connectivity index (χ4n) is 1.57. The smallest absolute Gasteiger partial charge is 0.0112 e. The maximum Gasteiger partial charge on any atom is -0.0112 e. The summed E-state index contributed by atoms with van der Waals surface area (Å²) < 4.78 is 0. The Morgan fingerprint density at radius 3 is 2.50 bits per heavy atom. The van der Waals surface area contributed by atoms with Gasteiger partial charge in [-0.15, -0.1) is 6.58 Å². The van der Waals surface area contributed by atoms with E-state index in [9.17, 15) is 0 Å². The van der Waals surface area contributed by atoms with E-state index in [0.717, 1.165) is 6.42 Å². The Labute approximate surface area is 77.4 Å². The predicted molar refractivity (Wildman–Crippen MR) is 57.3 cm³/mol. The minimum atomic E-state index is 0.354. The molecular formula is C12H22. The second kappa shape index (κ2) is 6.05. The zero-order valence-corrected chi connectivity index (χ0v) is 8.77. The van der Waals surface area contributed by atoms with Crippen molar-refractivity contribution >= 4 is 0 Å². The predicted octanol–water partition coefficient (Wildman–Crippen LogP) is 4.34. The first kappa shape index (κ1) is 11.5. The van der Waals surface area contributed by atoms with E-state index in [2.05, 4.69) is 39.5 Å². The number of allylic oxidation sites excluding steroid dienone is 3. The molecule has 0 heterocycles. The zero-order chi connectivity index (χ0) is 9.45. The van der Waals surface area contributed by atoms with Crippen LogP contribution in [0, 0.1) is 5.41 Å². The third-order valence-electron chi connectivity index (χ3n) is 2.28. The van der Waals surface area contributed by atoms with E-state index >= 15 is 0 Å². The third kappa shape index (κ3) is 4.38. The molecule has 0 aliphatic rings. The first-order valence-corrected chi connectivity index (χ1v) is 4.93. The van der Waals surface area contributed by atoms with Gasteiger partial charge in [0, 0.05) is 0 Å². The topological polar surface area (TPSA) is 0 Å². The molecule has 1 atom stereocenters. The molecule has 0 rings (SSSR count). The van der Waals surface area contributed by atoms with Crippen molar-refractivity contribution in [1.82, 2.24) is 0 Å². The molecule has 0 aromatic heterocycles. The van der Waals surface area contributed by atoms with Crippen molar-refractivity contribution in [1.29, 1.82) is 0 Å². The van der Waals surface area contributed by atoms with E-state index in [1.807, 2.05) is 6.08 Å². The van der Waals surface area contributed by atoms with E-state index in [0.29, 0.717) is 5.41 Å². The van der Waals surface area contributed by atoms with Crippen molar-refractivity contribution in [2.75, 3.05) is 0 Å². The van der Waals surface area contributed by atoms with E-state index in [4.69, 9.17) is 0 Å². The molecule has 0 aliphatic carbocycles. The van der Waals surface area contributed by atoms with Crippen LogP contribution in [0.5, 0.6) is 0 Å². The van der Waals surface area contributed by atoms with Crippen LogP contribution in [-0.4, -0.2) is 0 Å². The standard InChI is InChI=1S/C12H22/c1-5-8-11-12(4,9-6-2)10-7-3/h6-7,10H,2,5,8-9,11H2,1,3-4H3/b10-7+. The molecule has 0 aromatic rings. The molecule has 0 saturated heterocycles. The van der Waals surface area contributed by atoms with Crippen molar-refractivity contribution in [2.45, 2.75) is 46.5 Å². The summed E-state index contributed by atoms with van der Waals surface area (Å²) >= 11 is 0. The molecule has 0 amide bonds. The molecule has 0 radical (unpaired) electrons. The van der Waals surface area contributed by atoms with Gasteiger partial charge in [0.2, 0.25) is 0 Å². The van der Waals surface area contributed by atoms with Crippen molar-refractivity contribution < 1.29 is 0 Å². The largest absolute Gasteiger partial charge is 0.103 e. The second-order valence-electron chi connectivity index (χ2n) is 3.75. The molecular weight excluding hydrogens is 144 g/mol. The number of hydrogen-bond donors (Lipinski definition) is 0. The van der Waals surface area contributed by atoms with Crippen LogP contribution in [0.1, 0.15) is 46.5 Å². The van der Waals surface area contributed by atoms with E-state index < -0.39 is 0 Å². The van der Waals surface area contributed by atoms with Gasteiger partial charge in [-0.25, -0.2) is 0 Å². The summed E-state index contributed by atoms with van der Waals surface area (Å²) in [4.78, 5) is 0. The highest BCUT2D eigenvalue weighted by molar-refractivity contribution is 4.98. The summed E-state index contributed by atoms with van der Waals surface area (Å²) in [6.07, 6.45) is 11.5. The molecule has 0 aromatic carbocycles. The molecule has 70 valence electrons. The zero-order valence-electron chi connectivity index (χ0n) is 8.77. The average molecular weight is 166 g/mol. The van der Waals surface area contributed by atoms with Crippen LogP contribution in [0.4, 0.5) is 0 Å². The first-order chi connectivity index (χ1) is 5.68. The highest BCUT2D eigenvalue weighted by Crippen LogP contribution is 2.30. The maximum absolute atomic E-state index is 3.80. The molecule has 0 heteroatoms. The Bertz CT molecular complexity index is 144. The number of unbranched alkanes of at least 4 members (excludes halogenated alkanes) is 1. The molecule has 0 bridgehead atoms. The first-order valence-electron chi connectivity index (χ1n) is 4.93. The van der Waals surface area contributed by atoms with Crippen LogP contribution in [0.3, 0.4) is 0 Å². The van der Waals surface area contributed by atoms with E-state index in [-0.39, 0.29) is 0 Å². The highest BCUT2D eigenvalue weighted by Gasteiger charge is 2.17. The molecule has 12 heavy (non-hydrogen) atoms. The SMILES string of the molecule is C=CCC(C)(/C=C/C)CCCC. The second-order valence-corrected chi connectivity index (χ2v) is 3.75. The summed E-state index contributed by atoms with van der Waals surface area (Å²) in [7, 11) is 0. The van der Waals surface area contributed by atoms with E-state index in [1.165, 1.54) is 19.3 Å². The maximum atomic E-state index is 3.80. The number of hydrogen-bond acceptors (Lipinski definition) is 0. The van der Waals surface area contributed by atoms with Gasteiger partial charge in [0.25, 0.3) is 0 Å². The van der Waals surface area contributed by atoms with Crippen molar-refractivity contribution in [3.05, 3.63) is 24.8 Å². The minimum absolute atomic E-state index is 0.354. The van der Waals surface area contributed by atoms with Crippen LogP contribution in [0.25, 0.3) is 0 Å². The van der Waals surface area contributed by atoms with Crippen molar-refractivity contribution in [3.8, 4) is 0 Å². The molecule has 0 aliphatic heterocycles. The lowest BCUT2D eigenvalue weighted by atomic mass is 9.81. The van der Waals surface area contributed by atoms with Crippen LogP contribution >= 0.6 is 0 Å². The quantitative estimate of drug-likeness (QED) is 0.515. The molecule has 0 fully saturated rings. The summed E-state index contributed by atoms with van der Waals surface area (Å²) in [6, 6.07) is 0. The lowest BCUT2D eigenvalue weighted by Crippen LogP contribution is -2.11. The lowest BCUT2D eigenvalue weighted by molar-refractivity contribution is 0.381. The monoisotopic (exact) mass is 166 g/mol. The molecule has 0 saturated carbocycles. The number of rotatable bonds is 6. The molecule has 1 unspecified atom stereocenters. The lowest BCUT2D eigenvalue weighted by Gasteiger charge is -2.24. The Morgan fingerprint density at radius 2 is 2.08 bits per heavy atom. The van der Waals surface area contributed by atoms with Gasteiger partial charge in [-0.05, 0) is 25.2 Å². The summed E-state index contributed by atoms with van der Waals surface area (Å²) in [5.74, 6) is 0. The van der Waals surface area contributed by atoms with Gasteiger partial charge in [-0.3, -0.25) is 0 Å². The van der Waals surface area contributed by atoms with Gasteiger partial charge in [0.15, 0.2) is 0 Å². The molecule has 0 spiro atoms.